The Morgan fingerprint density at radius 2 is 2.13 bits per heavy atom. The van der Waals surface area contributed by atoms with Crippen molar-refractivity contribution in [2.75, 3.05) is 26.8 Å². The molecule has 0 N–H and O–H groups in total. The van der Waals surface area contributed by atoms with Crippen LogP contribution in [0.5, 0.6) is 0 Å². The van der Waals surface area contributed by atoms with E-state index in [0.29, 0.717) is 18.9 Å². The van der Waals surface area contributed by atoms with Crippen molar-refractivity contribution in [1.82, 2.24) is 15.0 Å². The molecule has 1 aliphatic rings. The van der Waals surface area contributed by atoms with Crippen LogP contribution in [0, 0.1) is 0 Å². The number of likely N-dealkylation sites (tertiary alicyclic amines) is 1. The third-order valence-corrected chi connectivity index (χ3v) is 4.64. The van der Waals surface area contributed by atoms with Gasteiger partial charge in [0, 0.05) is 25.5 Å². The molecule has 0 amide bonds. The lowest BCUT2D eigenvalue weighted by Gasteiger charge is -2.40. The molecule has 3 rings (SSSR count). The highest BCUT2D eigenvalue weighted by atomic mass is 16.5. The lowest BCUT2D eigenvalue weighted by atomic mass is 9.76. The number of methoxy groups -OCH3 is 1. The minimum Gasteiger partial charge on any atom is -0.384 e. The highest BCUT2D eigenvalue weighted by molar-refractivity contribution is 5.25. The molecular formula is C18H25N3O2. The summed E-state index contributed by atoms with van der Waals surface area (Å²) in [5.74, 6) is 1.43. The molecule has 2 heterocycles. The van der Waals surface area contributed by atoms with Crippen LogP contribution in [0.25, 0.3) is 0 Å². The molecule has 1 aliphatic heterocycles. The smallest absolute Gasteiger partial charge is 0.240 e. The Morgan fingerprint density at radius 1 is 1.30 bits per heavy atom. The van der Waals surface area contributed by atoms with Gasteiger partial charge in [-0.2, -0.15) is 4.98 Å². The van der Waals surface area contributed by atoms with Gasteiger partial charge in [-0.05, 0) is 24.9 Å². The first-order chi connectivity index (χ1) is 11.2. The van der Waals surface area contributed by atoms with Gasteiger partial charge in [0.25, 0.3) is 0 Å². The predicted octanol–water partition coefficient (Wildman–Crippen LogP) is 2.81. The molecule has 23 heavy (non-hydrogen) atoms. The van der Waals surface area contributed by atoms with E-state index in [2.05, 4.69) is 52.3 Å². The largest absolute Gasteiger partial charge is 0.384 e. The summed E-state index contributed by atoms with van der Waals surface area (Å²) in [5, 5.41) is 4.02. The molecule has 0 radical (unpaired) electrons. The third-order valence-electron chi connectivity index (χ3n) is 4.64. The maximum Gasteiger partial charge on any atom is 0.240 e. The van der Waals surface area contributed by atoms with Crippen LogP contribution in [-0.4, -0.2) is 41.8 Å². The van der Waals surface area contributed by atoms with Gasteiger partial charge in [0.1, 0.15) is 0 Å². The van der Waals surface area contributed by atoms with Crippen molar-refractivity contribution < 1.29 is 9.26 Å². The number of ether oxygens (including phenoxy) is 1. The van der Waals surface area contributed by atoms with E-state index in [9.17, 15) is 0 Å². The Labute approximate surface area is 137 Å². The second-order valence-electron chi connectivity index (χ2n) is 6.59. The van der Waals surface area contributed by atoms with E-state index in [-0.39, 0.29) is 5.41 Å². The van der Waals surface area contributed by atoms with Gasteiger partial charge in [-0.25, -0.2) is 0 Å². The first-order valence-electron chi connectivity index (χ1n) is 8.28. The Bertz CT molecular complexity index is 614. The van der Waals surface area contributed by atoms with E-state index in [1.165, 1.54) is 18.4 Å². The summed E-state index contributed by atoms with van der Waals surface area (Å²) in [7, 11) is 1.68. The molecule has 1 saturated heterocycles. The van der Waals surface area contributed by atoms with Crippen LogP contribution in [0.15, 0.2) is 34.9 Å². The highest BCUT2D eigenvalue weighted by Crippen LogP contribution is 2.33. The molecule has 1 atom stereocenters. The first-order valence-corrected chi connectivity index (χ1v) is 8.28. The number of hydrogen-bond acceptors (Lipinski definition) is 5. The Hall–Kier alpha value is -1.72. The van der Waals surface area contributed by atoms with Crippen LogP contribution in [0.1, 0.15) is 37.0 Å². The van der Waals surface area contributed by atoms with Gasteiger partial charge in [-0.3, -0.25) is 4.90 Å². The minimum atomic E-state index is 0.193. The molecule has 0 aliphatic carbocycles. The van der Waals surface area contributed by atoms with E-state index in [1.54, 1.807) is 7.11 Å². The number of piperidine rings is 1. The van der Waals surface area contributed by atoms with E-state index in [4.69, 9.17) is 9.26 Å². The lowest BCUT2D eigenvalue weighted by molar-refractivity contribution is 0.135. The topological polar surface area (TPSA) is 51.4 Å². The molecular weight excluding hydrogens is 290 g/mol. The molecule has 0 spiro atoms. The SMILES string of the molecule is COCCc1noc(CN2CCC[C@](C)(c3ccccc3)C2)n1. The van der Waals surface area contributed by atoms with Gasteiger partial charge in [0.2, 0.25) is 5.89 Å². The fourth-order valence-electron chi connectivity index (χ4n) is 3.40. The van der Waals surface area contributed by atoms with Crippen molar-refractivity contribution in [1.29, 1.82) is 0 Å². The minimum absolute atomic E-state index is 0.193. The van der Waals surface area contributed by atoms with Gasteiger partial charge < -0.3 is 9.26 Å². The molecule has 0 saturated carbocycles. The Morgan fingerprint density at radius 3 is 2.91 bits per heavy atom. The number of hydrogen-bond donors (Lipinski definition) is 0. The van der Waals surface area contributed by atoms with Gasteiger partial charge in [0.05, 0.1) is 13.2 Å². The quantitative estimate of drug-likeness (QED) is 0.820. The van der Waals surface area contributed by atoms with E-state index in [0.717, 1.165) is 25.5 Å². The molecule has 5 heteroatoms. The van der Waals surface area contributed by atoms with Crippen molar-refractivity contribution in [3.8, 4) is 0 Å². The van der Waals surface area contributed by atoms with Crippen LogP contribution in [0.4, 0.5) is 0 Å². The monoisotopic (exact) mass is 315 g/mol. The first kappa shape index (κ1) is 16.1. The van der Waals surface area contributed by atoms with E-state index >= 15 is 0 Å². The van der Waals surface area contributed by atoms with Crippen LogP contribution >= 0.6 is 0 Å². The highest BCUT2D eigenvalue weighted by Gasteiger charge is 2.33. The standard InChI is InChI=1S/C18H25N3O2/c1-18(15-7-4-3-5-8-15)10-6-11-21(14-18)13-17-19-16(20-23-17)9-12-22-2/h3-5,7-8H,6,9-14H2,1-2H3/t18-/m0/s1. The van der Waals surface area contributed by atoms with Gasteiger partial charge in [0.15, 0.2) is 5.82 Å². The fourth-order valence-corrected chi connectivity index (χ4v) is 3.40. The average molecular weight is 315 g/mol. The molecule has 1 aromatic heterocycles. The predicted molar refractivity (Wildman–Crippen MR) is 88.2 cm³/mol. The van der Waals surface area contributed by atoms with Crippen LogP contribution in [0.3, 0.4) is 0 Å². The second kappa shape index (κ2) is 7.23. The summed E-state index contributed by atoms with van der Waals surface area (Å²) in [4.78, 5) is 6.88. The van der Waals surface area contributed by atoms with Gasteiger partial charge in [-0.1, -0.05) is 42.4 Å². The zero-order valence-electron chi connectivity index (χ0n) is 14.0. The van der Waals surface area contributed by atoms with Gasteiger partial charge in [-0.15, -0.1) is 0 Å². The van der Waals surface area contributed by atoms with E-state index < -0.39 is 0 Å². The van der Waals surface area contributed by atoms with Crippen molar-refractivity contribution in [3.05, 3.63) is 47.6 Å². The number of rotatable bonds is 6. The summed E-state index contributed by atoms with van der Waals surface area (Å²) >= 11 is 0. The molecule has 124 valence electrons. The summed E-state index contributed by atoms with van der Waals surface area (Å²) in [6.45, 7) is 5.80. The van der Waals surface area contributed by atoms with Gasteiger partial charge >= 0.3 is 0 Å². The summed E-state index contributed by atoms with van der Waals surface area (Å²) < 4.78 is 10.4. The van der Waals surface area contributed by atoms with Crippen LogP contribution < -0.4 is 0 Å². The van der Waals surface area contributed by atoms with Crippen molar-refractivity contribution in [2.24, 2.45) is 0 Å². The maximum atomic E-state index is 5.38. The molecule has 1 aromatic carbocycles. The van der Waals surface area contributed by atoms with Crippen molar-refractivity contribution in [2.45, 2.75) is 38.1 Å². The zero-order valence-corrected chi connectivity index (χ0v) is 14.0. The number of aromatic nitrogens is 2. The lowest BCUT2D eigenvalue weighted by Crippen LogP contribution is -2.43. The molecule has 5 nitrogen and oxygen atoms in total. The Balaban J connectivity index is 1.63. The number of nitrogens with zero attached hydrogens (tertiary/aromatic N) is 3. The normalized spacial score (nSPS) is 22.3. The molecule has 2 aromatic rings. The molecule has 0 unspecified atom stereocenters. The Kier molecular flexibility index (Phi) is 5.08. The zero-order chi connectivity index (χ0) is 16.1. The fraction of sp³-hybridized carbons (Fsp3) is 0.556. The number of benzene rings is 1. The average Bonchev–Trinajstić information content (AvgIpc) is 3.01. The summed E-state index contributed by atoms with van der Waals surface area (Å²) in [5.41, 5.74) is 1.61. The third kappa shape index (κ3) is 3.98. The molecule has 1 fully saturated rings. The van der Waals surface area contributed by atoms with Crippen LogP contribution in [-0.2, 0) is 23.1 Å². The van der Waals surface area contributed by atoms with Crippen LogP contribution in [0.2, 0.25) is 0 Å². The molecule has 0 bridgehead atoms. The van der Waals surface area contributed by atoms with Crippen molar-refractivity contribution in [3.63, 3.8) is 0 Å². The summed E-state index contributed by atoms with van der Waals surface area (Å²) in [6, 6.07) is 10.8. The second-order valence-corrected chi connectivity index (χ2v) is 6.59. The summed E-state index contributed by atoms with van der Waals surface area (Å²) in [6.07, 6.45) is 3.11. The maximum absolute atomic E-state index is 5.38. The van der Waals surface area contributed by atoms with E-state index in [1.807, 2.05) is 0 Å². The van der Waals surface area contributed by atoms with Crippen molar-refractivity contribution >= 4 is 0 Å².